The lowest BCUT2D eigenvalue weighted by molar-refractivity contribution is -0.143. The smallest absolute Gasteiger partial charge is 0.307 e. The van der Waals surface area contributed by atoms with Gasteiger partial charge in [-0.1, -0.05) is 83.9 Å². The lowest BCUT2D eigenvalue weighted by Crippen LogP contribution is -2.11. The van der Waals surface area contributed by atoms with Crippen molar-refractivity contribution in [2.75, 3.05) is 0 Å². The Morgan fingerprint density at radius 2 is 0.828 bits per heavy atom. The summed E-state index contributed by atoms with van der Waals surface area (Å²) in [4.78, 5) is 5.03. The molecule has 0 saturated heterocycles. The second-order valence-corrected chi connectivity index (χ2v) is 17.1. The maximum atomic E-state index is 14.6. The van der Waals surface area contributed by atoms with Gasteiger partial charge >= 0.3 is 12.4 Å². The highest BCUT2D eigenvalue weighted by Crippen LogP contribution is 2.44. The van der Waals surface area contributed by atoms with Crippen LogP contribution in [0.15, 0.2) is 140 Å². The Hall–Kier alpha value is -7.13. The summed E-state index contributed by atoms with van der Waals surface area (Å²) in [6.45, 7) is 12.5. The third-order valence-electron chi connectivity index (χ3n) is 12.5. The van der Waals surface area contributed by atoms with Crippen LogP contribution in [-0.4, -0.2) is 14.1 Å². The third-order valence-corrected chi connectivity index (χ3v) is 12.5. The average Bonchev–Trinajstić information content (AvgIpc) is 3.74. The van der Waals surface area contributed by atoms with E-state index in [1.54, 1.807) is 12.3 Å². The minimum absolute atomic E-state index is 0.145. The SMILES string of the molecule is Cc1cc(C)c(-c2ccc3c(c2)c2ccccc2n3-c2cc(-c3cc(C(F)(F)F)cc(C(F)(F)F)c3)c(-n3c4ccccc4c4cc(-c5c(C)cc(C)cc5C)ccc43)cn2)c(C)c1. The molecule has 0 fully saturated rings. The van der Waals surface area contributed by atoms with E-state index in [0.717, 1.165) is 106 Å². The zero-order valence-corrected chi connectivity index (χ0v) is 35.9. The van der Waals surface area contributed by atoms with Crippen LogP contribution in [-0.2, 0) is 12.4 Å². The van der Waals surface area contributed by atoms with E-state index in [-0.39, 0.29) is 17.2 Å². The molecule has 0 radical (unpaired) electrons. The van der Waals surface area contributed by atoms with E-state index in [4.69, 9.17) is 4.98 Å². The molecule has 0 aliphatic carbocycles. The van der Waals surface area contributed by atoms with Gasteiger partial charge in [0.2, 0.25) is 0 Å². The van der Waals surface area contributed by atoms with Gasteiger partial charge in [0.1, 0.15) is 5.82 Å². The normalized spacial score (nSPS) is 12.4. The van der Waals surface area contributed by atoms with Crippen LogP contribution in [0.5, 0.6) is 0 Å². The van der Waals surface area contributed by atoms with Gasteiger partial charge in [0.25, 0.3) is 0 Å². The number of pyridine rings is 1. The number of aryl methyl sites for hydroxylation is 6. The summed E-state index contributed by atoms with van der Waals surface area (Å²) in [5.41, 5.74) is 11.5. The lowest BCUT2D eigenvalue weighted by Gasteiger charge is -2.19. The van der Waals surface area contributed by atoms with Crippen molar-refractivity contribution in [3.8, 4) is 44.9 Å². The van der Waals surface area contributed by atoms with Crippen LogP contribution in [0, 0.1) is 41.5 Å². The van der Waals surface area contributed by atoms with Gasteiger partial charge in [-0.25, -0.2) is 4.98 Å². The first-order chi connectivity index (χ1) is 30.5. The zero-order chi connectivity index (χ0) is 45.0. The molecule has 3 nitrogen and oxygen atoms in total. The molecule has 9 heteroatoms. The molecule has 0 atom stereocenters. The second kappa shape index (κ2) is 14.7. The largest absolute Gasteiger partial charge is 0.416 e. The molecule has 0 bridgehead atoms. The molecule has 0 N–H and O–H groups in total. The van der Waals surface area contributed by atoms with Crippen molar-refractivity contribution in [1.29, 1.82) is 0 Å². The van der Waals surface area contributed by atoms with Crippen molar-refractivity contribution in [3.05, 3.63) is 184 Å². The predicted molar refractivity (Wildman–Crippen MR) is 248 cm³/mol. The van der Waals surface area contributed by atoms with E-state index >= 15 is 0 Å². The van der Waals surface area contributed by atoms with Gasteiger partial charge in [-0.3, -0.25) is 4.57 Å². The fourth-order valence-electron chi connectivity index (χ4n) is 10.1. The van der Waals surface area contributed by atoms with Crippen molar-refractivity contribution in [1.82, 2.24) is 14.1 Å². The Morgan fingerprint density at radius 3 is 1.30 bits per heavy atom. The van der Waals surface area contributed by atoms with Gasteiger partial charge in [0, 0.05) is 27.1 Å². The van der Waals surface area contributed by atoms with Crippen LogP contribution < -0.4 is 0 Å². The summed E-state index contributed by atoms with van der Waals surface area (Å²) >= 11 is 0. The van der Waals surface area contributed by atoms with E-state index in [0.29, 0.717) is 11.5 Å². The lowest BCUT2D eigenvalue weighted by atomic mass is 9.93. The van der Waals surface area contributed by atoms with E-state index in [2.05, 4.69) is 77.9 Å². The molecule has 0 amide bonds. The number of fused-ring (bicyclic) bond motifs is 6. The van der Waals surface area contributed by atoms with Crippen LogP contribution in [0.2, 0.25) is 0 Å². The molecular weight excluding hydrogens is 817 g/mol. The van der Waals surface area contributed by atoms with Crippen LogP contribution in [0.3, 0.4) is 0 Å². The van der Waals surface area contributed by atoms with Gasteiger partial charge < -0.3 is 4.57 Å². The van der Waals surface area contributed by atoms with Gasteiger partial charge in [-0.05, 0) is 152 Å². The van der Waals surface area contributed by atoms with Crippen LogP contribution in [0.25, 0.3) is 88.5 Å². The molecule has 0 aliphatic rings. The summed E-state index contributed by atoms with van der Waals surface area (Å²) in [5.74, 6) is 0.333. The average molecular weight is 858 g/mol. The molecule has 10 aromatic rings. The highest BCUT2D eigenvalue weighted by atomic mass is 19.4. The number of hydrogen-bond donors (Lipinski definition) is 0. The van der Waals surface area contributed by atoms with Gasteiger partial charge in [-0.2, -0.15) is 26.3 Å². The number of alkyl halides is 6. The molecule has 0 saturated carbocycles. The van der Waals surface area contributed by atoms with Gasteiger partial charge in [-0.15, -0.1) is 0 Å². The van der Waals surface area contributed by atoms with E-state index in [9.17, 15) is 26.3 Å². The first-order valence-electron chi connectivity index (χ1n) is 21.0. The first-order valence-corrected chi connectivity index (χ1v) is 21.0. The molecule has 0 aliphatic heterocycles. The summed E-state index contributed by atoms with van der Waals surface area (Å²) in [6, 6.07) is 39.7. The molecule has 3 aromatic heterocycles. The molecule has 10 rings (SSSR count). The van der Waals surface area contributed by atoms with E-state index < -0.39 is 23.5 Å². The zero-order valence-electron chi connectivity index (χ0n) is 35.9. The Balaban J connectivity index is 1.27. The van der Waals surface area contributed by atoms with Crippen molar-refractivity contribution >= 4 is 43.6 Å². The number of rotatable bonds is 5. The second-order valence-electron chi connectivity index (χ2n) is 17.1. The number of nitrogens with zero attached hydrogens (tertiary/aromatic N) is 3. The standard InChI is InChI=1S/C55H41F6N3/c1-30-19-32(3)52(33(4)20-30)36-15-17-48-44(25-36)41-11-7-9-13-46(41)63(48)50-29-62-51(28-43(50)38-23-39(54(56,57)58)27-40(24-38)55(59,60)61)64-47-14-10-8-12-42(47)45-26-37(16-18-49(45)64)53-34(5)21-31(2)22-35(53)6/h7-29H,1-6H3. The number of halogens is 6. The maximum Gasteiger partial charge on any atom is 0.416 e. The fraction of sp³-hybridized carbons (Fsp3) is 0.145. The van der Waals surface area contributed by atoms with E-state index in [1.165, 1.54) is 5.56 Å². The van der Waals surface area contributed by atoms with Crippen molar-refractivity contribution < 1.29 is 26.3 Å². The molecule has 3 heterocycles. The number of hydrogen-bond acceptors (Lipinski definition) is 1. The first kappa shape index (κ1) is 40.9. The summed E-state index contributed by atoms with van der Waals surface area (Å²) in [6.07, 6.45) is -8.54. The molecular formula is C55H41F6N3. The summed E-state index contributed by atoms with van der Waals surface area (Å²) in [7, 11) is 0. The van der Waals surface area contributed by atoms with Gasteiger partial charge in [0.05, 0.1) is 45.1 Å². The number of aromatic nitrogens is 3. The topological polar surface area (TPSA) is 22.8 Å². The number of benzene rings is 7. The molecule has 0 spiro atoms. The van der Waals surface area contributed by atoms with Gasteiger partial charge in [0.15, 0.2) is 0 Å². The van der Waals surface area contributed by atoms with E-state index in [1.807, 2.05) is 81.9 Å². The Morgan fingerprint density at radius 1 is 0.406 bits per heavy atom. The summed E-state index contributed by atoms with van der Waals surface area (Å²) < 4.78 is 91.3. The maximum absolute atomic E-state index is 14.6. The highest BCUT2D eigenvalue weighted by Gasteiger charge is 2.37. The predicted octanol–water partition coefficient (Wildman–Crippen LogP) is 16.2. The van der Waals surface area contributed by atoms with Crippen LogP contribution >= 0.6 is 0 Å². The third kappa shape index (κ3) is 6.73. The fourth-order valence-corrected chi connectivity index (χ4v) is 10.1. The molecule has 64 heavy (non-hydrogen) atoms. The quantitative estimate of drug-likeness (QED) is 0.158. The minimum Gasteiger partial charge on any atom is -0.307 e. The molecule has 318 valence electrons. The monoisotopic (exact) mass is 857 g/mol. The van der Waals surface area contributed by atoms with Crippen LogP contribution in [0.1, 0.15) is 44.5 Å². The molecule has 7 aromatic carbocycles. The Bertz CT molecular complexity index is 3470. The Labute approximate surface area is 365 Å². The number of para-hydroxylation sites is 2. The van der Waals surface area contributed by atoms with Crippen molar-refractivity contribution in [2.24, 2.45) is 0 Å². The Kier molecular flexibility index (Phi) is 9.42. The van der Waals surface area contributed by atoms with Crippen LogP contribution in [0.4, 0.5) is 26.3 Å². The summed E-state index contributed by atoms with van der Waals surface area (Å²) in [5, 5.41) is 3.59. The minimum atomic E-state index is -5.06. The molecule has 0 unspecified atom stereocenters. The highest BCUT2D eigenvalue weighted by molar-refractivity contribution is 6.12. The van der Waals surface area contributed by atoms with Crippen molar-refractivity contribution in [3.63, 3.8) is 0 Å². The van der Waals surface area contributed by atoms with Crippen molar-refractivity contribution in [2.45, 2.75) is 53.9 Å².